The van der Waals surface area contributed by atoms with Crippen molar-refractivity contribution < 1.29 is 20.8 Å². The van der Waals surface area contributed by atoms with E-state index < -0.39 is 12.0 Å². The second-order valence-electron chi connectivity index (χ2n) is 9.26. The molecule has 1 saturated heterocycles. The molecule has 0 atom stereocenters. The van der Waals surface area contributed by atoms with Crippen LogP contribution in [0.25, 0.3) is 0 Å². The van der Waals surface area contributed by atoms with Gasteiger partial charge >= 0.3 is 5.97 Å². The maximum atomic E-state index is 13.4. The molecular formula is C29H36N2O4. The van der Waals surface area contributed by atoms with E-state index in [0.717, 1.165) is 37.1 Å². The first-order chi connectivity index (χ1) is 17.1. The van der Waals surface area contributed by atoms with Gasteiger partial charge in [0.15, 0.2) is 0 Å². The predicted octanol–water partition coefficient (Wildman–Crippen LogP) is 4.67. The summed E-state index contributed by atoms with van der Waals surface area (Å²) in [6.45, 7) is 6.09. The number of carboxylic acids is 1. The van der Waals surface area contributed by atoms with Gasteiger partial charge in [0, 0.05) is 54.7 Å². The fourth-order valence-corrected chi connectivity index (χ4v) is 3.94. The number of carbonyl (C=O) groups excluding carboxylic acids is 1. The van der Waals surface area contributed by atoms with Gasteiger partial charge in [0.2, 0.25) is 0 Å². The number of carboxylic acid groups (broad SMARTS) is 1. The van der Waals surface area contributed by atoms with Gasteiger partial charge in [0.05, 0.1) is 7.98 Å². The number of nitrogens with zero attached hydrogens (tertiary/aromatic N) is 2. The van der Waals surface area contributed by atoms with Crippen molar-refractivity contribution in [1.29, 1.82) is 0 Å². The lowest BCUT2D eigenvalue weighted by Gasteiger charge is -2.32. The molecule has 0 saturated carbocycles. The molecule has 0 radical (unpaired) electrons. The number of carbonyl (C=O) groups is 2. The number of ether oxygens (including phenoxy) is 1. The zero-order valence-corrected chi connectivity index (χ0v) is 20.9. The van der Waals surface area contributed by atoms with Gasteiger partial charge < -0.3 is 19.6 Å². The monoisotopic (exact) mass is 477 g/mol. The molecule has 1 heterocycles. The smallest absolute Gasteiger partial charge is 0.303 e. The normalized spacial score (nSPS) is 14.3. The van der Waals surface area contributed by atoms with E-state index in [0.29, 0.717) is 30.3 Å². The molecule has 1 amide bonds. The fraction of sp³-hybridized carbons (Fsp3) is 0.448. The number of hydrogen-bond acceptors (Lipinski definition) is 4. The Hall–Kier alpha value is -3.30. The van der Waals surface area contributed by atoms with Crippen LogP contribution in [0.15, 0.2) is 48.5 Å². The van der Waals surface area contributed by atoms with Crippen LogP contribution in [0.4, 0.5) is 0 Å². The molecule has 0 spiro atoms. The number of benzene rings is 2. The van der Waals surface area contributed by atoms with Crippen molar-refractivity contribution in [2.24, 2.45) is 5.92 Å². The Morgan fingerprint density at radius 2 is 1.86 bits per heavy atom. The molecule has 1 aliphatic heterocycles. The number of rotatable bonds is 11. The van der Waals surface area contributed by atoms with Crippen molar-refractivity contribution >= 4 is 11.9 Å². The van der Waals surface area contributed by atoms with E-state index in [4.69, 9.17) is 11.2 Å². The molecule has 0 aliphatic carbocycles. The lowest BCUT2D eigenvalue weighted by molar-refractivity contribution is -0.137. The summed E-state index contributed by atoms with van der Waals surface area (Å²) in [6, 6.07) is 13.7. The van der Waals surface area contributed by atoms with Gasteiger partial charge in [-0.05, 0) is 70.5 Å². The third-order valence-electron chi connectivity index (χ3n) is 6.00. The van der Waals surface area contributed by atoms with Crippen LogP contribution in [0.2, 0.25) is 0 Å². The predicted molar refractivity (Wildman–Crippen MR) is 137 cm³/mol. The standard InChI is InChI=1S/C29H36N2O4/c1-22(2)31(21-26-9-6-7-10-27(26)35-18-8-4-5-11-28(32)33)29(34)25-16-14-23(15-17-25)12-13-24-19-30(3)20-24/h6-7,9-10,14-17,22,24H,4-5,8,11,18-21H2,1-3H3,(H,32,33)/i22D. The summed E-state index contributed by atoms with van der Waals surface area (Å²) in [5.41, 5.74) is 2.21. The highest BCUT2D eigenvalue weighted by molar-refractivity contribution is 5.94. The van der Waals surface area contributed by atoms with Gasteiger partial charge in [-0.2, -0.15) is 0 Å². The largest absolute Gasteiger partial charge is 0.493 e. The zero-order valence-electron chi connectivity index (χ0n) is 21.9. The molecule has 0 unspecified atom stereocenters. The summed E-state index contributed by atoms with van der Waals surface area (Å²) in [5.74, 6) is 6.54. The summed E-state index contributed by atoms with van der Waals surface area (Å²) >= 11 is 0. The Balaban J connectivity index is 1.65. The minimum atomic E-state index is -1.14. The van der Waals surface area contributed by atoms with Crippen LogP contribution < -0.4 is 4.74 Å². The van der Waals surface area contributed by atoms with Crippen LogP contribution in [-0.2, 0) is 11.3 Å². The second-order valence-corrected chi connectivity index (χ2v) is 9.26. The third kappa shape index (κ3) is 8.15. The molecule has 1 aliphatic rings. The van der Waals surface area contributed by atoms with E-state index in [1.165, 1.54) is 4.90 Å². The number of para-hydroxylation sites is 1. The molecule has 6 heteroatoms. The highest BCUT2D eigenvalue weighted by Crippen LogP contribution is 2.23. The summed E-state index contributed by atoms with van der Waals surface area (Å²) in [7, 11) is 2.08. The van der Waals surface area contributed by atoms with E-state index >= 15 is 0 Å². The zero-order chi connectivity index (χ0) is 26.1. The van der Waals surface area contributed by atoms with Crippen molar-refractivity contribution in [2.45, 2.75) is 52.1 Å². The van der Waals surface area contributed by atoms with Gasteiger partial charge in [0.1, 0.15) is 5.75 Å². The Morgan fingerprint density at radius 1 is 1.14 bits per heavy atom. The Morgan fingerprint density at radius 3 is 2.51 bits per heavy atom. The minimum Gasteiger partial charge on any atom is -0.493 e. The van der Waals surface area contributed by atoms with Gasteiger partial charge in [-0.1, -0.05) is 30.0 Å². The number of likely N-dealkylation sites (tertiary alicyclic amines) is 1. The molecule has 2 aromatic carbocycles. The second kappa shape index (κ2) is 13.0. The molecule has 3 rings (SSSR count). The van der Waals surface area contributed by atoms with Crippen molar-refractivity contribution in [3.05, 3.63) is 65.2 Å². The third-order valence-corrected chi connectivity index (χ3v) is 6.00. The molecule has 1 N–H and O–H groups in total. The Labute approximate surface area is 210 Å². The van der Waals surface area contributed by atoms with Crippen molar-refractivity contribution in [3.63, 3.8) is 0 Å². The van der Waals surface area contributed by atoms with Crippen LogP contribution in [0.3, 0.4) is 0 Å². The van der Waals surface area contributed by atoms with Crippen LogP contribution in [-0.4, -0.2) is 59.5 Å². The maximum absolute atomic E-state index is 13.4. The number of hydrogen-bond donors (Lipinski definition) is 1. The number of amides is 1. The van der Waals surface area contributed by atoms with E-state index in [9.17, 15) is 9.59 Å². The van der Waals surface area contributed by atoms with Gasteiger partial charge in [-0.15, -0.1) is 0 Å². The molecule has 35 heavy (non-hydrogen) atoms. The topological polar surface area (TPSA) is 70.1 Å². The van der Waals surface area contributed by atoms with Crippen LogP contribution in [0.5, 0.6) is 5.75 Å². The Bertz CT molecular complexity index is 1090. The highest BCUT2D eigenvalue weighted by atomic mass is 16.5. The molecule has 6 nitrogen and oxygen atoms in total. The summed E-state index contributed by atoms with van der Waals surface area (Å²) in [5, 5.41) is 8.75. The Kier molecular flexibility index (Phi) is 9.19. The van der Waals surface area contributed by atoms with Crippen molar-refractivity contribution in [3.8, 4) is 17.6 Å². The molecule has 2 aromatic rings. The average Bonchev–Trinajstić information content (AvgIpc) is 2.81. The first kappa shape index (κ1) is 24.8. The van der Waals surface area contributed by atoms with Crippen LogP contribution in [0, 0.1) is 17.8 Å². The molecule has 1 fully saturated rings. The first-order valence-corrected chi connectivity index (χ1v) is 12.2. The lowest BCUT2D eigenvalue weighted by Crippen LogP contribution is -2.42. The quantitative estimate of drug-likeness (QED) is 0.376. The summed E-state index contributed by atoms with van der Waals surface area (Å²) in [6.07, 6.45) is 2.31. The highest BCUT2D eigenvalue weighted by Gasteiger charge is 2.21. The molecular weight excluding hydrogens is 440 g/mol. The number of unbranched alkanes of at least 4 members (excludes halogenated alkanes) is 2. The van der Waals surface area contributed by atoms with Gasteiger partial charge in [-0.25, -0.2) is 0 Å². The van der Waals surface area contributed by atoms with E-state index in [-0.39, 0.29) is 18.9 Å². The molecule has 0 bridgehead atoms. The van der Waals surface area contributed by atoms with E-state index in [1.807, 2.05) is 36.4 Å². The van der Waals surface area contributed by atoms with Gasteiger partial charge in [-0.3, -0.25) is 9.59 Å². The van der Waals surface area contributed by atoms with Crippen LogP contribution >= 0.6 is 0 Å². The van der Waals surface area contributed by atoms with E-state index in [2.05, 4.69) is 23.8 Å². The average molecular weight is 478 g/mol. The van der Waals surface area contributed by atoms with Crippen molar-refractivity contribution in [2.75, 3.05) is 26.7 Å². The minimum absolute atomic E-state index is 0.165. The first-order valence-electron chi connectivity index (χ1n) is 12.7. The van der Waals surface area contributed by atoms with Crippen LogP contribution in [0.1, 0.15) is 62.4 Å². The molecule has 186 valence electrons. The van der Waals surface area contributed by atoms with Crippen molar-refractivity contribution in [1.82, 2.24) is 9.80 Å². The maximum Gasteiger partial charge on any atom is 0.303 e. The SMILES string of the molecule is [2H]C(C)(C)N(Cc1ccccc1OCCCCCC(=O)O)C(=O)c1ccc(C#CC2CN(C)C2)cc1. The summed E-state index contributed by atoms with van der Waals surface area (Å²) in [4.78, 5) is 27.8. The van der Waals surface area contributed by atoms with E-state index in [1.54, 1.807) is 26.0 Å². The number of aliphatic carboxylic acids is 1. The summed E-state index contributed by atoms with van der Waals surface area (Å²) < 4.78 is 14.6. The molecule has 0 aromatic heterocycles. The fourth-order valence-electron chi connectivity index (χ4n) is 3.94. The van der Waals surface area contributed by atoms with Gasteiger partial charge in [0.25, 0.3) is 5.91 Å². The lowest BCUT2D eigenvalue weighted by atomic mass is 10.0.